The third-order valence-corrected chi connectivity index (χ3v) is 4.00. The van der Waals surface area contributed by atoms with Gasteiger partial charge >= 0.3 is 0 Å². The molecule has 0 unspecified atom stereocenters. The van der Waals surface area contributed by atoms with Crippen molar-refractivity contribution in [2.45, 2.75) is 19.0 Å². The number of rotatable bonds is 3. The molecule has 1 atom stereocenters. The number of hydrogen-bond acceptors (Lipinski definition) is 2. The Bertz CT molecular complexity index is 484. The summed E-state index contributed by atoms with van der Waals surface area (Å²) in [7, 11) is 0. The van der Waals surface area contributed by atoms with E-state index in [1.807, 2.05) is 0 Å². The van der Waals surface area contributed by atoms with E-state index in [0.29, 0.717) is 12.1 Å². The van der Waals surface area contributed by atoms with Gasteiger partial charge < -0.3 is 5.32 Å². The van der Waals surface area contributed by atoms with Crippen molar-refractivity contribution in [2.75, 3.05) is 19.6 Å². The fourth-order valence-electron chi connectivity index (χ4n) is 3.08. The molecule has 20 heavy (non-hydrogen) atoms. The number of nitrogens with one attached hydrogen (secondary N) is 1. The van der Waals surface area contributed by atoms with Crippen molar-refractivity contribution < 1.29 is 0 Å². The van der Waals surface area contributed by atoms with E-state index in [4.69, 9.17) is 0 Å². The van der Waals surface area contributed by atoms with Gasteiger partial charge in [-0.25, -0.2) is 0 Å². The molecule has 0 saturated carbocycles. The molecule has 1 fully saturated rings. The topological polar surface area (TPSA) is 15.3 Å². The molecule has 1 heterocycles. The molecule has 2 heteroatoms. The summed E-state index contributed by atoms with van der Waals surface area (Å²) in [6.45, 7) is 5.52. The molecule has 1 N–H and O–H groups in total. The first-order chi connectivity index (χ1) is 9.84. The van der Waals surface area contributed by atoms with E-state index in [9.17, 15) is 0 Å². The van der Waals surface area contributed by atoms with Gasteiger partial charge in [-0.15, -0.1) is 0 Å². The van der Waals surface area contributed by atoms with Crippen LogP contribution >= 0.6 is 0 Å². The van der Waals surface area contributed by atoms with Crippen LogP contribution in [0.4, 0.5) is 0 Å². The van der Waals surface area contributed by atoms with Crippen LogP contribution in [0.2, 0.25) is 0 Å². The first-order valence-electron chi connectivity index (χ1n) is 7.42. The molecule has 104 valence electrons. The first-order valence-corrected chi connectivity index (χ1v) is 7.42. The van der Waals surface area contributed by atoms with E-state index in [-0.39, 0.29) is 0 Å². The number of benzene rings is 2. The van der Waals surface area contributed by atoms with Gasteiger partial charge in [0.2, 0.25) is 0 Å². The van der Waals surface area contributed by atoms with Gasteiger partial charge in [0.1, 0.15) is 0 Å². The standard InChI is InChI=1S/C18H22N2/c1-15-14-20(13-12-19-15)18(16-8-4-2-5-9-16)17-10-6-3-7-11-17/h2-11,15,18-19H,12-14H2,1H3/t15-/m1/s1. The quantitative estimate of drug-likeness (QED) is 0.918. The fourth-order valence-corrected chi connectivity index (χ4v) is 3.08. The van der Waals surface area contributed by atoms with E-state index in [0.717, 1.165) is 19.6 Å². The monoisotopic (exact) mass is 266 g/mol. The molecule has 2 aromatic carbocycles. The molecule has 0 radical (unpaired) electrons. The van der Waals surface area contributed by atoms with Crippen LogP contribution in [0.3, 0.4) is 0 Å². The van der Waals surface area contributed by atoms with Crippen LogP contribution in [0.25, 0.3) is 0 Å². The third-order valence-electron chi connectivity index (χ3n) is 4.00. The maximum absolute atomic E-state index is 3.53. The molecule has 2 aromatic rings. The van der Waals surface area contributed by atoms with E-state index in [1.54, 1.807) is 0 Å². The van der Waals surface area contributed by atoms with Crippen LogP contribution in [0.5, 0.6) is 0 Å². The zero-order valence-corrected chi connectivity index (χ0v) is 12.0. The molecule has 0 spiro atoms. The third kappa shape index (κ3) is 2.92. The maximum atomic E-state index is 3.53. The highest BCUT2D eigenvalue weighted by Gasteiger charge is 2.25. The van der Waals surface area contributed by atoms with Crippen LogP contribution < -0.4 is 5.32 Å². The molecule has 0 bridgehead atoms. The Balaban J connectivity index is 1.95. The minimum atomic E-state index is 0.363. The normalized spacial score (nSPS) is 20.2. The van der Waals surface area contributed by atoms with Gasteiger partial charge in [-0.1, -0.05) is 60.7 Å². The summed E-state index contributed by atoms with van der Waals surface area (Å²) >= 11 is 0. The first kappa shape index (κ1) is 13.3. The highest BCUT2D eigenvalue weighted by molar-refractivity contribution is 5.32. The minimum absolute atomic E-state index is 0.363. The molecular formula is C18H22N2. The van der Waals surface area contributed by atoms with E-state index in [2.05, 4.69) is 77.8 Å². The summed E-state index contributed by atoms with van der Waals surface area (Å²) in [6, 6.07) is 22.6. The Morgan fingerprint density at radius 3 is 2.00 bits per heavy atom. The predicted molar refractivity (Wildman–Crippen MR) is 83.8 cm³/mol. The average molecular weight is 266 g/mol. The lowest BCUT2D eigenvalue weighted by Gasteiger charge is -2.38. The zero-order valence-electron chi connectivity index (χ0n) is 12.0. The highest BCUT2D eigenvalue weighted by Crippen LogP contribution is 2.29. The predicted octanol–water partition coefficient (Wildman–Crippen LogP) is 3.07. The van der Waals surface area contributed by atoms with Crippen molar-refractivity contribution in [3.63, 3.8) is 0 Å². The van der Waals surface area contributed by atoms with E-state index in [1.165, 1.54) is 11.1 Å². The van der Waals surface area contributed by atoms with Crippen molar-refractivity contribution in [3.8, 4) is 0 Å². The molecular weight excluding hydrogens is 244 g/mol. The van der Waals surface area contributed by atoms with Gasteiger partial charge in [0.25, 0.3) is 0 Å². The lowest BCUT2D eigenvalue weighted by Crippen LogP contribution is -2.50. The van der Waals surface area contributed by atoms with Crippen molar-refractivity contribution in [1.82, 2.24) is 10.2 Å². The van der Waals surface area contributed by atoms with Crippen LogP contribution in [0.15, 0.2) is 60.7 Å². The summed E-state index contributed by atoms with van der Waals surface area (Å²) in [6.07, 6.45) is 0. The van der Waals surface area contributed by atoms with Gasteiger partial charge in [0.05, 0.1) is 6.04 Å². The average Bonchev–Trinajstić information content (AvgIpc) is 2.50. The number of piperazine rings is 1. The highest BCUT2D eigenvalue weighted by atomic mass is 15.2. The SMILES string of the molecule is C[C@@H]1CN(C(c2ccccc2)c2ccccc2)CCN1. The zero-order chi connectivity index (χ0) is 13.8. The van der Waals surface area contributed by atoms with Gasteiger partial charge in [-0.3, -0.25) is 4.90 Å². The van der Waals surface area contributed by atoms with Gasteiger partial charge in [0, 0.05) is 25.7 Å². The van der Waals surface area contributed by atoms with E-state index >= 15 is 0 Å². The summed E-state index contributed by atoms with van der Waals surface area (Å²) < 4.78 is 0. The van der Waals surface area contributed by atoms with Crippen molar-refractivity contribution in [1.29, 1.82) is 0 Å². The second kappa shape index (κ2) is 6.21. The number of nitrogens with zero attached hydrogens (tertiary/aromatic N) is 1. The van der Waals surface area contributed by atoms with Crippen LogP contribution in [-0.4, -0.2) is 30.6 Å². The number of hydrogen-bond donors (Lipinski definition) is 1. The molecule has 2 nitrogen and oxygen atoms in total. The Hall–Kier alpha value is -1.64. The van der Waals surface area contributed by atoms with Crippen LogP contribution in [-0.2, 0) is 0 Å². The lowest BCUT2D eigenvalue weighted by atomic mass is 9.96. The van der Waals surface area contributed by atoms with Crippen molar-refractivity contribution in [2.24, 2.45) is 0 Å². The smallest absolute Gasteiger partial charge is 0.0602 e. The van der Waals surface area contributed by atoms with E-state index < -0.39 is 0 Å². The summed E-state index contributed by atoms with van der Waals surface area (Å²) in [5.41, 5.74) is 2.76. The summed E-state index contributed by atoms with van der Waals surface area (Å²) in [5, 5.41) is 3.53. The molecule has 1 aliphatic heterocycles. The molecule has 0 aliphatic carbocycles. The Morgan fingerprint density at radius 1 is 0.950 bits per heavy atom. The summed E-state index contributed by atoms with van der Waals surface area (Å²) in [5.74, 6) is 0. The second-order valence-electron chi connectivity index (χ2n) is 5.57. The lowest BCUT2D eigenvalue weighted by molar-refractivity contribution is 0.170. The van der Waals surface area contributed by atoms with Gasteiger partial charge in [-0.05, 0) is 18.1 Å². The Morgan fingerprint density at radius 2 is 1.50 bits per heavy atom. The maximum Gasteiger partial charge on any atom is 0.0602 e. The molecule has 0 aromatic heterocycles. The Labute approximate surface area is 121 Å². The molecule has 0 amide bonds. The van der Waals surface area contributed by atoms with Gasteiger partial charge in [-0.2, -0.15) is 0 Å². The molecule has 3 rings (SSSR count). The second-order valence-corrected chi connectivity index (χ2v) is 5.57. The van der Waals surface area contributed by atoms with Crippen LogP contribution in [0, 0.1) is 0 Å². The molecule has 1 saturated heterocycles. The van der Waals surface area contributed by atoms with Gasteiger partial charge in [0.15, 0.2) is 0 Å². The largest absolute Gasteiger partial charge is 0.312 e. The fraction of sp³-hybridized carbons (Fsp3) is 0.333. The van der Waals surface area contributed by atoms with Crippen molar-refractivity contribution >= 4 is 0 Å². The molecule has 1 aliphatic rings. The summed E-state index contributed by atoms with van der Waals surface area (Å²) in [4.78, 5) is 2.59. The van der Waals surface area contributed by atoms with Crippen LogP contribution in [0.1, 0.15) is 24.1 Å². The minimum Gasteiger partial charge on any atom is -0.312 e. The Kier molecular flexibility index (Phi) is 4.14. The van der Waals surface area contributed by atoms with Crippen molar-refractivity contribution in [3.05, 3.63) is 71.8 Å².